The lowest BCUT2D eigenvalue weighted by Gasteiger charge is -1.93. The van der Waals surface area contributed by atoms with E-state index in [2.05, 4.69) is 12.2 Å². The maximum absolute atomic E-state index is 10.5. The van der Waals surface area contributed by atoms with Crippen molar-refractivity contribution in [3.63, 3.8) is 0 Å². The van der Waals surface area contributed by atoms with E-state index < -0.39 is 0 Å². The zero-order valence-electron chi connectivity index (χ0n) is 6.18. The number of carbonyl (C=O) groups is 1. The number of hydrogen-bond donors (Lipinski definition) is 0. The molecule has 0 fully saturated rings. The van der Waals surface area contributed by atoms with Crippen molar-refractivity contribution in [1.82, 2.24) is 5.32 Å². The van der Waals surface area contributed by atoms with Crippen molar-refractivity contribution < 1.29 is 4.79 Å². The second-order valence-electron chi connectivity index (χ2n) is 2.07. The topological polar surface area (TPSA) is 31.2 Å². The third kappa shape index (κ3) is 5.34. The Kier molecular flexibility index (Phi) is 5.27. The van der Waals surface area contributed by atoms with Crippen molar-refractivity contribution in [1.29, 1.82) is 0 Å². The first kappa shape index (κ1) is 8.47. The lowest BCUT2D eigenvalue weighted by atomic mass is 10.2. The third-order valence-electron chi connectivity index (χ3n) is 1.24. The molecular formula is C7H14NO. The maximum atomic E-state index is 10.5. The molecule has 1 amide bonds. The van der Waals surface area contributed by atoms with Crippen LogP contribution < -0.4 is 5.32 Å². The molecule has 9 heavy (non-hydrogen) atoms. The van der Waals surface area contributed by atoms with Crippen molar-refractivity contribution in [2.75, 3.05) is 7.05 Å². The van der Waals surface area contributed by atoms with Crippen LogP contribution in [-0.2, 0) is 4.79 Å². The molecule has 0 unspecified atom stereocenters. The van der Waals surface area contributed by atoms with Crippen molar-refractivity contribution in [3.8, 4) is 0 Å². The van der Waals surface area contributed by atoms with Gasteiger partial charge in [0.15, 0.2) is 0 Å². The zero-order valence-corrected chi connectivity index (χ0v) is 6.18. The lowest BCUT2D eigenvalue weighted by molar-refractivity contribution is -0.121. The molecule has 0 bridgehead atoms. The molecule has 0 aromatic heterocycles. The van der Waals surface area contributed by atoms with Crippen molar-refractivity contribution >= 4 is 5.91 Å². The Hall–Kier alpha value is -0.530. The second kappa shape index (κ2) is 5.60. The summed E-state index contributed by atoms with van der Waals surface area (Å²) in [4.78, 5) is 10.5. The van der Waals surface area contributed by atoms with Gasteiger partial charge in [-0.05, 0) is 6.42 Å². The van der Waals surface area contributed by atoms with Gasteiger partial charge in [-0.25, -0.2) is 0 Å². The predicted molar refractivity (Wildman–Crippen MR) is 37.2 cm³/mol. The van der Waals surface area contributed by atoms with E-state index in [1.165, 1.54) is 0 Å². The number of nitrogens with zero attached hydrogens (tertiary/aromatic N) is 1. The molecule has 2 nitrogen and oxygen atoms in total. The smallest absolute Gasteiger partial charge is 0.240 e. The molecule has 2 heteroatoms. The van der Waals surface area contributed by atoms with Gasteiger partial charge in [0.1, 0.15) is 0 Å². The Morgan fingerprint density at radius 2 is 2.11 bits per heavy atom. The minimum Gasteiger partial charge on any atom is -0.273 e. The Labute approximate surface area is 56.6 Å². The minimum absolute atomic E-state index is 0.0310. The molecular weight excluding hydrogens is 114 g/mol. The Balaban J connectivity index is 2.97. The average Bonchev–Trinajstić information content (AvgIpc) is 1.89. The monoisotopic (exact) mass is 128 g/mol. The number of carbonyl (C=O) groups excluding carboxylic acids is 1. The molecule has 0 saturated heterocycles. The number of unbranched alkanes of at least 4 members (excludes halogenated alkanes) is 2. The molecule has 0 rings (SSSR count). The van der Waals surface area contributed by atoms with Gasteiger partial charge in [0.05, 0.1) is 0 Å². The highest BCUT2D eigenvalue weighted by atomic mass is 16.1. The summed E-state index contributed by atoms with van der Waals surface area (Å²) in [6.45, 7) is 2.12. The number of hydrogen-bond acceptors (Lipinski definition) is 1. The van der Waals surface area contributed by atoms with E-state index in [1.54, 1.807) is 7.05 Å². The summed E-state index contributed by atoms with van der Waals surface area (Å²) in [5, 5.41) is 3.52. The molecule has 0 aliphatic heterocycles. The molecule has 53 valence electrons. The summed E-state index contributed by atoms with van der Waals surface area (Å²) < 4.78 is 0. The van der Waals surface area contributed by atoms with Gasteiger partial charge in [-0.2, -0.15) is 0 Å². The molecule has 0 spiro atoms. The Morgan fingerprint density at radius 1 is 1.44 bits per heavy atom. The van der Waals surface area contributed by atoms with Crippen LogP contribution >= 0.6 is 0 Å². The van der Waals surface area contributed by atoms with E-state index in [1.807, 2.05) is 0 Å². The lowest BCUT2D eigenvalue weighted by Crippen LogP contribution is -2.09. The van der Waals surface area contributed by atoms with Crippen LogP contribution in [0.2, 0.25) is 0 Å². The highest BCUT2D eigenvalue weighted by Crippen LogP contribution is 1.97. The first-order valence-corrected chi connectivity index (χ1v) is 3.44. The van der Waals surface area contributed by atoms with Crippen LogP contribution in [0.15, 0.2) is 0 Å². The van der Waals surface area contributed by atoms with Gasteiger partial charge in [0.2, 0.25) is 5.91 Å². The van der Waals surface area contributed by atoms with Gasteiger partial charge >= 0.3 is 0 Å². The van der Waals surface area contributed by atoms with Crippen LogP contribution in [0.25, 0.3) is 0 Å². The average molecular weight is 128 g/mol. The molecule has 0 aliphatic rings. The molecule has 0 aromatic rings. The summed E-state index contributed by atoms with van der Waals surface area (Å²) in [5.41, 5.74) is 0. The van der Waals surface area contributed by atoms with E-state index in [0.29, 0.717) is 6.42 Å². The quantitative estimate of drug-likeness (QED) is 0.525. The first-order chi connectivity index (χ1) is 4.31. The van der Waals surface area contributed by atoms with E-state index in [4.69, 9.17) is 0 Å². The number of amides is 1. The van der Waals surface area contributed by atoms with Crippen LogP contribution in [0.4, 0.5) is 0 Å². The summed E-state index contributed by atoms with van der Waals surface area (Å²) in [6.07, 6.45) is 3.93. The molecule has 0 heterocycles. The van der Waals surface area contributed by atoms with E-state index in [-0.39, 0.29) is 5.91 Å². The summed E-state index contributed by atoms with van der Waals surface area (Å²) in [5.74, 6) is 0.0310. The Morgan fingerprint density at radius 3 is 2.56 bits per heavy atom. The third-order valence-corrected chi connectivity index (χ3v) is 1.24. The highest BCUT2D eigenvalue weighted by molar-refractivity contribution is 5.75. The molecule has 0 atom stereocenters. The summed E-state index contributed by atoms with van der Waals surface area (Å²) in [6, 6.07) is 0. The van der Waals surface area contributed by atoms with Crippen LogP contribution in [0.3, 0.4) is 0 Å². The van der Waals surface area contributed by atoms with Crippen molar-refractivity contribution in [2.45, 2.75) is 32.6 Å². The second-order valence-corrected chi connectivity index (χ2v) is 2.07. The van der Waals surface area contributed by atoms with Crippen LogP contribution in [0, 0.1) is 0 Å². The van der Waals surface area contributed by atoms with Gasteiger partial charge in [-0.15, -0.1) is 0 Å². The van der Waals surface area contributed by atoms with E-state index >= 15 is 0 Å². The van der Waals surface area contributed by atoms with Gasteiger partial charge in [0.25, 0.3) is 0 Å². The van der Waals surface area contributed by atoms with Crippen molar-refractivity contribution in [2.24, 2.45) is 0 Å². The zero-order chi connectivity index (χ0) is 7.11. The van der Waals surface area contributed by atoms with Gasteiger partial charge < -0.3 is 0 Å². The van der Waals surface area contributed by atoms with Gasteiger partial charge in [-0.3, -0.25) is 10.1 Å². The summed E-state index contributed by atoms with van der Waals surface area (Å²) >= 11 is 0. The van der Waals surface area contributed by atoms with Gasteiger partial charge in [-0.1, -0.05) is 19.8 Å². The first-order valence-electron chi connectivity index (χ1n) is 3.44. The fourth-order valence-corrected chi connectivity index (χ4v) is 0.638. The van der Waals surface area contributed by atoms with E-state index in [0.717, 1.165) is 19.3 Å². The van der Waals surface area contributed by atoms with Gasteiger partial charge in [0, 0.05) is 13.5 Å². The Bertz CT molecular complexity index is 81.0. The standard InChI is InChI=1S/C7H14NO/c1-3-4-5-6-7(9)8-2/h3-6H2,1-2H3. The van der Waals surface area contributed by atoms with E-state index in [9.17, 15) is 4.79 Å². The largest absolute Gasteiger partial charge is 0.273 e. The predicted octanol–water partition coefficient (Wildman–Crippen LogP) is 1.33. The van der Waals surface area contributed by atoms with Crippen LogP contribution in [-0.4, -0.2) is 13.0 Å². The molecule has 0 aliphatic carbocycles. The molecule has 0 saturated carbocycles. The normalized spacial score (nSPS) is 9.11. The fraction of sp³-hybridized carbons (Fsp3) is 0.857. The molecule has 1 radical (unpaired) electrons. The minimum atomic E-state index is 0.0310. The fourth-order valence-electron chi connectivity index (χ4n) is 0.638. The number of rotatable bonds is 4. The highest BCUT2D eigenvalue weighted by Gasteiger charge is 1.95. The summed E-state index contributed by atoms with van der Waals surface area (Å²) in [7, 11) is 1.55. The van der Waals surface area contributed by atoms with Crippen LogP contribution in [0.1, 0.15) is 32.6 Å². The molecule has 0 aromatic carbocycles. The molecule has 0 N–H and O–H groups in total. The SMILES string of the molecule is CCCCCC(=O)[N]C. The van der Waals surface area contributed by atoms with Crippen molar-refractivity contribution in [3.05, 3.63) is 0 Å². The van der Waals surface area contributed by atoms with Crippen LogP contribution in [0.5, 0.6) is 0 Å². The maximum Gasteiger partial charge on any atom is 0.240 e.